The van der Waals surface area contributed by atoms with E-state index < -0.39 is 6.10 Å². The number of anilines is 2. The van der Waals surface area contributed by atoms with Gasteiger partial charge in [0.1, 0.15) is 5.75 Å². The van der Waals surface area contributed by atoms with Crippen LogP contribution in [-0.4, -0.2) is 42.0 Å². The van der Waals surface area contributed by atoms with E-state index in [0.717, 1.165) is 47.9 Å². The first-order valence-corrected chi connectivity index (χ1v) is 13.0. The molecule has 2 N–H and O–H groups in total. The lowest BCUT2D eigenvalue weighted by atomic mass is 10.0. The summed E-state index contributed by atoms with van der Waals surface area (Å²) in [4.78, 5) is 32.7. The molecule has 7 nitrogen and oxygen atoms in total. The molecule has 6 rings (SSSR count). The Morgan fingerprint density at radius 2 is 1.78 bits per heavy atom. The number of nitrogens with zero attached hydrogens (tertiary/aromatic N) is 2. The molecule has 1 fully saturated rings. The number of para-hydroxylation sites is 2. The van der Waals surface area contributed by atoms with Gasteiger partial charge in [0.15, 0.2) is 11.2 Å². The normalized spacial score (nSPS) is 17.4. The van der Waals surface area contributed by atoms with E-state index in [0.29, 0.717) is 17.7 Å². The van der Waals surface area contributed by atoms with Crippen molar-refractivity contribution in [3.8, 4) is 5.75 Å². The van der Waals surface area contributed by atoms with E-state index in [9.17, 15) is 9.59 Å². The smallest absolute Gasteiger partial charge is 0.265 e. The number of carbonyl (C=O) groups excluding carboxylic acids is 2. The fourth-order valence-electron chi connectivity index (χ4n) is 4.77. The third kappa shape index (κ3) is 4.64. The maximum absolute atomic E-state index is 13.0. The average Bonchev–Trinajstić information content (AvgIpc) is 3.54. The number of thiazole rings is 1. The minimum absolute atomic E-state index is 0.103. The van der Waals surface area contributed by atoms with Crippen LogP contribution >= 0.6 is 11.3 Å². The molecule has 36 heavy (non-hydrogen) atoms. The number of piperidine rings is 1. The van der Waals surface area contributed by atoms with Crippen molar-refractivity contribution in [2.75, 3.05) is 23.3 Å². The molecule has 0 bridgehead atoms. The Balaban J connectivity index is 1.03. The Bertz CT molecular complexity index is 1370. The quantitative estimate of drug-likeness (QED) is 0.419. The van der Waals surface area contributed by atoms with Crippen LogP contribution in [0.2, 0.25) is 0 Å². The summed E-state index contributed by atoms with van der Waals surface area (Å²) < 4.78 is 6.97. The number of nitrogens with one attached hydrogen (secondary N) is 2. The highest BCUT2D eigenvalue weighted by molar-refractivity contribution is 7.22. The van der Waals surface area contributed by atoms with E-state index in [1.165, 1.54) is 4.70 Å². The van der Waals surface area contributed by atoms with Crippen LogP contribution in [0.1, 0.15) is 28.8 Å². The molecule has 0 saturated carbocycles. The van der Waals surface area contributed by atoms with Crippen LogP contribution in [0.5, 0.6) is 5.75 Å². The summed E-state index contributed by atoms with van der Waals surface area (Å²) in [5, 5.41) is 7.10. The summed E-state index contributed by atoms with van der Waals surface area (Å²) in [7, 11) is 0. The predicted molar refractivity (Wildman–Crippen MR) is 142 cm³/mol. The molecule has 2 amide bonds. The Morgan fingerprint density at radius 3 is 2.61 bits per heavy atom. The molecule has 0 aliphatic carbocycles. The van der Waals surface area contributed by atoms with Gasteiger partial charge < -0.3 is 20.3 Å². The van der Waals surface area contributed by atoms with Crippen molar-refractivity contribution in [2.24, 2.45) is 0 Å². The van der Waals surface area contributed by atoms with Gasteiger partial charge in [-0.2, -0.15) is 0 Å². The maximum Gasteiger partial charge on any atom is 0.265 e. The van der Waals surface area contributed by atoms with Gasteiger partial charge in [0.25, 0.3) is 11.8 Å². The molecule has 1 aromatic heterocycles. The van der Waals surface area contributed by atoms with Crippen molar-refractivity contribution in [2.45, 2.75) is 31.4 Å². The Labute approximate surface area is 213 Å². The first-order valence-electron chi connectivity index (χ1n) is 12.2. The summed E-state index contributed by atoms with van der Waals surface area (Å²) in [5.41, 5.74) is 3.17. The van der Waals surface area contributed by atoms with Crippen LogP contribution in [0.15, 0.2) is 72.8 Å². The molecule has 0 spiro atoms. The molecule has 2 aliphatic heterocycles. The Hall–Kier alpha value is -3.91. The van der Waals surface area contributed by atoms with E-state index >= 15 is 0 Å². The average molecular weight is 499 g/mol. The van der Waals surface area contributed by atoms with Gasteiger partial charge in [0.05, 0.1) is 10.2 Å². The van der Waals surface area contributed by atoms with Gasteiger partial charge >= 0.3 is 0 Å². The largest absolute Gasteiger partial charge is 0.480 e. The van der Waals surface area contributed by atoms with Crippen LogP contribution in [0.25, 0.3) is 10.2 Å². The molecular formula is C28H26N4O3S. The van der Waals surface area contributed by atoms with Crippen molar-refractivity contribution in [1.82, 2.24) is 10.3 Å². The predicted octanol–water partition coefficient (Wildman–Crippen LogP) is 4.64. The third-order valence-corrected chi connectivity index (χ3v) is 7.81. The van der Waals surface area contributed by atoms with E-state index in [1.807, 2.05) is 42.5 Å². The SMILES string of the molecule is O=C(NC1CCN(c2nc3ccccc3s2)CC1)c1cccc(NC(=O)C2Cc3ccccc3O2)c1. The molecule has 3 heterocycles. The van der Waals surface area contributed by atoms with Crippen LogP contribution in [0.4, 0.5) is 10.8 Å². The highest BCUT2D eigenvalue weighted by Gasteiger charge is 2.29. The summed E-state index contributed by atoms with van der Waals surface area (Å²) in [6, 6.07) is 23.0. The number of hydrogen-bond acceptors (Lipinski definition) is 6. The van der Waals surface area contributed by atoms with E-state index in [4.69, 9.17) is 9.72 Å². The van der Waals surface area contributed by atoms with E-state index in [1.54, 1.807) is 35.6 Å². The standard InChI is InChI=1S/C28H26N4O3S/c33-26(29-20-12-14-32(15-13-20)28-31-22-9-2-4-11-25(22)36-28)19-7-5-8-21(16-19)30-27(34)24-17-18-6-1-3-10-23(18)35-24/h1-11,16,20,24H,12-15,17H2,(H,29,33)(H,30,34). The second-order valence-electron chi connectivity index (χ2n) is 9.19. The molecule has 4 aromatic rings. The second-order valence-corrected chi connectivity index (χ2v) is 10.2. The highest BCUT2D eigenvalue weighted by Crippen LogP contribution is 2.31. The van der Waals surface area contributed by atoms with E-state index in [-0.39, 0.29) is 17.9 Å². The van der Waals surface area contributed by atoms with Crippen LogP contribution in [0.3, 0.4) is 0 Å². The van der Waals surface area contributed by atoms with Crippen molar-refractivity contribution in [3.63, 3.8) is 0 Å². The summed E-state index contributed by atoms with van der Waals surface area (Å²) in [5.74, 6) is 0.403. The maximum atomic E-state index is 13.0. The van der Waals surface area contributed by atoms with Crippen molar-refractivity contribution in [3.05, 3.63) is 83.9 Å². The van der Waals surface area contributed by atoms with Gasteiger partial charge in [-0.1, -0.05) is 47.7 Å². The molecule has 1 atom stereocenters. The topological polar surface area (TPSA) is 83.6 Å². The molecule has 0 radical (unpaired) electrons. The lowest BCUT2D eigenvalue weighted by Gasteiger charge is -2.32. The van der Waals surface area contributed by atoms with Gasteiger partial charge in [-0.3, -0.25) is 9.59 Å². The van der Waals surface area contributed by atoms with Gasteiger partial charge in [-0.25, -0.2) is 4.98 Å². The number of amides is 2. The molecule has 1 saturated heterocycles. The first kappa shape index (κ1) is 22.5. The van der Waals surface area contributed by atoms with Gasteiger partial charge in [0.2, 0.25) is 0 Å². The van der Waals surface area contributed by atoms with Crippen LogP contribution in [0, 0.1) is 0 Å². The minimum Gasteiger partial charge on any atom is -0.480 e. The number of benzene rings is 3. The summed E-state index contributed by atoms with van der Waals surface area (Å²) in [6.45, 7) is 1.70. The van der Waals surface area contributed by atoms with Crippen LogP contribution in [-0.2, 0) is 11.2 Å². The number of fused-ring (bicyclic) bond motifs is 2. The molecular weight excluding hydrogens is 472 g/mol. The number of aromatic nitrogens is 1. The van der Waals surface area contributed by atoms with Crippen LogP contribution < -0.4 is 20.3 Å². The number of hydrogen-bond donors (Lipinski definition) is 2. The molecule has 3 aromatic carbocycles. The Kier molecular flexibility index (Phi) is 6.03. The Morgan fingerprint density at radius 1 is 0.972 bits per heavy atom. The first-order chi connectivity index (χ1) is 17.6. The molecule has 182 valence electrons. The third-order valence-electron chi connectivity index (χ3n) is 6.72. The van der Waals surface area contributed by atoms with Crippen molar-refractivity contribution in [1.29, 1.82) is 0 Å². The van der Waals surface area contributed by atoms with Gasteiger partial charge in [-0.05, 0) is 54.8 Å². The fourth-order valence-corrected chi connectivity index (χ4v) is 5.79. The van der Waals surface area contributed by atoms with E-state index in [2.05, 4.69) is 21.6 Å². The number of ether oxygens (including phenoxy) is 1. The van der Waals surface area contributed by atoms with Gasteiger partial charge in [0, 0.05) is 36.8 Å². The molecule has 2 aliphatic rings. The van der Waals surface area contributed by atoms with Crippen molar-refractivity contribution >= 4 is 44.2 Å². The van der Waals surface area contributed by atoms with Gasteiger partial charge in [-0.15, -0.1) is 0 Å². The minimum atomic E-state index is -0.569. The molecule has 8 heteroatoms. The zero-order chi connectivity index (χ0) is 24.5. The number of carbonyl (C=O) groups is 2. The highest BCUT2D eigenvalue weighted by atomic mass is 32.1. The zero-order valence-corrected chi connectivity index (χ0v) is 20.5. The monoisotopic (exact) mass is 498 g/mol. The lowest BCUT2D eigenvalue weighted by Crippen LogP contribution is -2.44. The fraction of sp³-hybridized carbons (Fsp3) is 0.250. The summed E-state index contributed by atoms with van der Waals surface area (Å²) in [6.07, 6.45) is 1.69. The molecule has 1 unspecified atom stereocenters. The number of rotatable bonds is 5. The lowest BCUT2D eigenvalue weighted by molar-refractivity contribution is -0.122. The zero-order valence-electron chi connectivity index (χ0n) is 19.6. The van der Waals surface area contributed by atoms with Crippen molar-refractivity contribution < 1.29 is 14.3 Å². The summed E-state index contributed by atoms with van der Waals surface area (Å²) >= 11 is 1.71. The second kappa shape index (κ2) is 9.62.